The van der Waals surface area contributed by atoms with Crippen LogP contribution in [-0.4, -0.2) is 23.1 Å². The van der Waals surface area contributed by atoms with Gasteiger partial charge in [-0.3, -0.25) is 9.59 Å². The highest BCUT2D eigenvalue weighted by Crippen LogP contribution is 2.19. The van der Waals surface area contributed by atoms with Crippen LogP contribution in [0.2, 0.25) is 0 Å². The molecule has 4 heteroatoms. The second kappa shape index (κ2) is 43.3. The molecule has 0 aromatic carbocycles. The summed E-state index contributed by atoms with van der Waals surface area (Å²) in [6.07, 6.45) is 58.6. The normalized spacial score (nSPS) is 12.7. The lowest BCUT2D eigenvalue weighted by atomic mass is 10.0. The Labute approximate surface area is 323 Å². The number of carboxylic acids is 1. The number of allylic oxidation sites excluding steroid dienone is 8. The van der Waals surface area contributed by atoms with Crippen molar-refractivity contribution < 1.29 is 19.4 Å². The van der Waals surface area contributed by atoms with E-state index in [9.17, 15) is 9.59 Å². The van der Waals surface area contributed by atoms with Crippen LogP contribution in [0.4, 0.5) is 0 Å². The zero-order valence-corrected chi connectivity index (χ0v) is 34.6. The summed E-state index contributed by atoms with van der Waals surface area (Å²) >= 11 is 0. The summed E-state index contributed by atoms with van der Waals surface area (Å²) in [7, 11) is 0. The third-order valence-corrected chi connectivity index (χ3v) is 10.1. The summed E-state index contributed by atoms with van der Waals surface area (Å²) in [4.78, 5) is 23.5. The maximum absolute atomic E-state index is 12.7. The molecule has 0 aromatic heterocycles. The van der Waals surface area contributed by atoms with E-state index in [0.717, 1.165) is 89.9 Å². The SMILES string of the molecule is CC/C=C\C/C=C\C/C=C\C/C=C\CCCCCCCCCCCCC(=O)OC(CCCCCCCCCCCCC)CCCCCCCC(=O)O. The van der Waals surface area contributed by atoms with Gasteiger partial charge in [0.2, 0.25) is 0 Å². The molecule has 52 heavy (non-hydrogen) atoms. The van der Waals surface area contributed by atoms with Crippen LogP contribution in [0.25, 0.3) is 0 Å². The second-order valence-electron chi connectivity index (χ2n) is 15.2. The molecule has 0 bridgehead atoms. The Morgan fingerprint density at radius 1 is 0.442 bits per heavy atom. The van der Waals surface area contributed by atoms with Crippen molar-refractivity contribution in [3.63, 3.8) is 0 Å². The van der Waals surface area contributed by atoms with Crippen LogP contribution in [0.1, 0.15) is 239 Å². The highest BCUT2D eigenvalue weighted by atomic mass is 16.5. The Morgan fingerprint density at radius 3 is 1.25 bits per heavy atom. The molecule has 1 atom stereocenters. The molecule has 0 saturated heterocycles. The van der Waals surface area contributed by atoms with Crippen molar-refractivity contribution in [1.29, 1.82) is 0 Å². The van der Waals surface area contributed by atoms with Crippen LogP contribution >= 0.6 is 0 Å². The van der Waals surface area contributed by atoms with E-state index in [4.69, 9.17) is 9.84 Å². The number of unbranched alkanes of at least 4 members (excludes halogenated alkanes) is 24. The van der Waals surface area contributed by atoms with Gasteiger partial charge in [0.05, 0.1) is 0 Å². The van der Waals surface area contributed by atoms with Crippen molar-refractivity contribution in [1.82, 2.24) is 0 Å². The van der Waals surface area contributed by atoms with E-state index < -0.39 is 5.97 Å². The number of ether oxygens (including phenoxy) is 1. The summed E-state index contributed by atoms with van der Waals surface area (Å²) in [5.41, 5.74) is 0. The van der Waals surface area contributed by atoms with Gasteiger partial charge in [-0.2, -0.15) is 0 Å². The second-order valence-corrected chi connectivity index (χ2v) is 15.2. The molecular formula is C48H86O4. The van der Waals surface area contributed by atoms with Crippen molar-refractivity contribution in [2.45, 2.75) is 245 Å². The molecule has 0 fully saturated rings. The van der Waals surface area contributed by atoms with Crippen molar-refractivity contribution in [3.05, 3.63) is 48.6 Å². The van der Waals surface area contributed by atoms with Gasteiger partial charge in [-0.1, -0.05) is 197 Å². The molecule has 0 saturated carbocycles. The van der Waals surface area contributed by atoms with Gasteiger partial charge in [0.15, 0.2) is 0 Å². The first-order chi connectivity index (χ1) is 25.6. The number of carboxylic acid groups (broad SMARTS) is 1. The number of hydrogen-bond acceptors (Lipinski definition) is 3. The molecular weight excluding hydrogens is 641 g/mol. The Kier molecular flexibility index (Phi) is 41.6. The maximum Gasteiger partial charge on any atom is 0.306 e. The highest BCUT2D eigenvalue weighted by molar-refractivity contribution is 5.69. The molecule has 0 spiro atoms. The van der Waals surface area contributed by atoms with Crippen LogP contribution in [0.3, 0.4) is 0 Å². The minimum Gasteiger partial charge on any atom is -0.481 e. The summed E-state index contributed by atoms with van der Waals surface area (Å²) in [5, 5.41) is 8.84. The molecule has 0 radical (unpaired) electrons. The van der Waals surface area contributed by atoms with Gasteiger partial charge in [-0.15, -0.1) is 0 Å². The lowest BCUT2D eigenvalue weighted by molar-refractivity contribution is -0.150. The number of esters is 1. The van der Waals surface area contributed by atoms with E-state index in [1.807, 2.05) is 0 Å². The quantitative estimate of drug-likeness (QED) is 0.0387. The number of carbonyl (C=O) groups excluding carboxylic acids is 1. The Morgan fingerprint density at radius 2 is 0.808 bits per heavy atom. The minimum absolute atomic E-state index is 0.000180. The summed E-state index contributed by atoms with van der Waals surface area (Å²) in [6, 6.07) is 0. The third-order valence-electron chi connectivity index (χ3n) is 10.1. The minimum atomic E-state index is -0.700. The molecule has 0 rings (SSSR count). The van der Waals surface area contributed by atoms with Crippen LogP contribution in [-0.2, 0) is 14.3 Å². The summed E-state index contributed by atoms with van der Waals surface area (Å²) in [5.74, 6) is -0.700. The van der Waals surface area contributed by atoms with Gasteiger partial charge in [0, 0.05) is 12.8 Å². The Bertz CT molecular complexity index is 870. The third kappa shape index (κ3) is 42.3. The molecule has 0 aliphatic carbocycles. The van der Waals surface area contributed by atoms with Crippen LogP contribution in [0, 0.1) is 0 Å². The molecule has 4 nitrogen and oxygen atoms in total. The van der Waals surface area contributed by atoms with E-state index in [-0.39, 0.29) is 18.5 Å². The molecule has 1 N–H and O–H groups in total. The standard InChI is InChI=1S/C48H86O4/c1-3-5-7-9-11-13-15-16-17-18-19-20-21-22-23-24-25-26-28-30-32-37-41-45-48(51)52-46(43-39-35-33-36-40-44-47(49)50)42-38-34-31-29-27-14-12-10-8-6-4-2/h5,7,11,13,16-17,19-20,46H,3-4,6,8-10,12,14-15,18,21-45H2,1-2H3,(H,49,50)/b7-5-,13-11-,17-16-,20-19-. The van der Waals surface area contributed by atoms with Crippen molar-refractivity contribution in [2.75, 3.05) is 0 Å². The average molecular weight is 727 g/mol. The fraction of sp³-hybridized carbons (Fsp3) is 0.792. The lowest BCUT2D eigenvalue weighted by Crippen LogP contribution is -2.18. The zero-order valence-electron chi connectivity index (χ0n) is 34.6. The fourth-order valence-electron chi connectivity index (χ4n) is 6.77. The van der Waals surface area contributed by atoms with Gasteiger partial charge >= 0.3 is 11.9 Å². The van der Waals surface area contributed by atoms with E-state index >= 15 is 0 Å². The highest BCUT2D eigenvalue weighted by Gasteiger charge is 2.14. The topological polar surface area (TPSA) is 63.6 Å². The van der Waals surface area contributed by atoms with Gasteiger partial charge in [0.25, 0.3) is 0 Å². The lowest BCUT2D eigenvalue weighted by Gasteiger charge is -2.18. The molecule has 0 aliphatic rings. The zero-order chi connectivity index (χ0) is 37.8. The molecule has 0 heterocycles. The van der Waals surface area contributed by atoms with E-state index in [0.29, 0.717) is 6.42 Å². The largest absolute Gasteiger partial charge is 0.481 e. The van der Waals surface area contributed by atoms with Crippen molar-refractivity contribution in [3.8, 4) is 0 Å². The summed E-state index contributed by atoms with van der Waals surface area (Å²) in [6.45, 7) is 4.44. The van der Waals surface area contributed by atoms with Crippen LogP contribution in [0.5, 0.6) is 0 Å². The first-order valence-corrected chi connectivity index (χ1v) is 22.6. The van der Waals surface area contributed by atoms with Crippen LogP contribution < -0.4 is 0 Å². The molecule has 0 aliphatic heterocycles. The molecule has 0 amide bonds. The smallest absolute Gasteiger partial charge is 0.306 e. The predicted molar refractivity (Wildman–Crippen MR) is 227 cm³/mol. The van der Waals surface area contributed by atoms with Crippen LogP contribution in [0.15, 0.2) is 48.6 Å². The number of carbonyl (C=O) groups is 2. The van der Waals surface area contributed by atoms with Crippen molar-refractivity contribution in [2.24, 2.45) is 0 Å². The number of hydrogen-bond donors (Lipinski definition) is 1. The molecule has 1 unspecified atom stereocenters. The summed E-state index contributed by atoms with van der Waals surface area (Å²) < 4.78 is 6.02. The Hall–Kier alpha value is -2.10. The fourth-order valence-corrected chi connectivity index (χ4v) is 6.77. The average Bonchev–Trinajstić information content (AvgIpc) is 3.13. The Balaban J connectivity index is 3.91. The van der Waals surface area contributed by atoms with Gasteiger partial charge < -0.3 is 9.84 Å². The monoisotopic (exact) mass is 727 g/mol. The first-order valence-electron chi connectivity index (χ1n) is 22.6. The van der Waals surface area contributed by atoms with Gasteiger partial charge in [-0.05, 0) is 77.0 Å². The molecule has 302 valence electrons. The van der Waals surface area contributed by atoms with E-state index in [1.54, 1.807) is 0 Å². The van der Waals surface area contributed by atoms with Crippen molar-refractivity contribution >= 4 is 11.9 Å². The predicted octanol–water partition coefficient (Wildman–Crippen LogP) is 15.9. The molecule has 0 aromatic rings. The first kappa shape index (κ1) is 49.9. The number of aliphatic carboxylic acids is 1. The van der Waals surface area contributed by atoms with Gasteiger partial charge in [-0.25, -0.2) is 0 Å². The van der Waals surface area contributed by atoms with E-state index in [2.05, 4.69) is 62.5 Å². The number of rotatable bonds is 41. The van der Waals surface area contributed by atoms with Gasteiger partial charge in [0.1, 0.15) is 6.10 Å². The maximum atomic E-state index is 12.7. The van der Waals surface area contributed by atoms with E-state index in [1.165, 1.54) is 122 Å².